The summed E-state index contributed by atoms with van der Waals surface area (Å²) in [6.07, 6.45) is 0. The largest absolute Gasteiger partial charge is 0.309 e. The number of nitrogens with zero attached hydrogens (tertiary/aromatic N) is 1. The van der Waals surface area contributed by atoms with Crippen LogP contribution in [0, 0.1) is 0 Å². The summed E-state index contributed by atoms with van der Waals surface area (Å²) < 4.78 is 2.39. The van der Waals surface area contributed by atoms with Crippen molar-refractivity contribution in [3.63, 3.8) is 0 Å². The Hall–Kier alpha value is -7.48. The normalized spacial score (nSPS) is 11.5. The molecule has 0 amide bonds. The van der Waals surface area contributed by atoms with Crippen molar-refractivity contribution in [2.75, 3.05) is 0 Å². The van der Waals surface area contributed by atoms with Crippen LogP contribution in [-0.2, 0) is 0 Å². The summed E-state index contributed by atoms with van der Waals surface area (Å²) in [6.45, 7) is 0. The fraction of sp³-hybridized carbons (Fsp3) is 0. The second-order valence-electron chi connectivity index (χ2n) is 15.0. The van der Waals surface area contributed by atoms with Gasteiger partial charge in [0.1, 0.15) is 0 Å². The van der Waals surface area contributed by atoms with E-state index in [-0.39, 0.29) is 0 Å². The summed E-state index contributed by atoms with van der Waals surface area (Å²) in [5.74, 6) is 0. The van der Waals surface area contributed by atoms with E-state index >= 15 is 0 Å². The van der Waals surface area contributed by atoms with Crippen LogP contribution in [-0.4, -0.2) is 4.57 Å². The first-order valence-electron chi connectivity index (χ1n) is 19.7. The van der Waals surface area contributed by atoms with Crippen molar-refractivity contribution in [1.29, 1.82) is 0 Å². The lowest BCUT2D eigenvalue weighted by molar-refractivity contribution is 1.10. The van der Waals surface area contributed by atoms with Gasteiger partial charge in [-0.1, -0.05) is 170 Å². The molecule has 11 aromatic rings. The minimum atomic E-state index is 1.13. The lowest BCUT2D eigenvalue weighted by atomic mass is 9.88. The fourth-order valence-corrected chi connectivity index (χ4v) is 8.69. The van der Waals surface area contributed by atoms with E-state index in [1.165, 1.54) is 99.0 Å². The van der Waals surface area contributed by atoms with E-state index in [4.69, 9.17) is 0 Å². The van der Waals surface area contributed by atoms with Crippen molar-refractivity contribution >= 4 is 43.1 Å². The third-order valence-corrected chi connectivity index (χ3v) is 11.6. The second-order valence-corrected chi connectivity index (χ2v) is 15.0. The van der Waals surface area contributed by atoms with Gasteiger partial charge >= 0.3 is 0 Å². The number of aromatic nitrogens is 1. The molecule has 1 nitrogen and oxygen atoms in total. The van der Waals surface area contributed by atoms with Gasteiger partial charge in [0, 0.05) is 5.69 Å². The van der Waals surface area contributed by atoms with Crippen molar-refractivity contribution < 1.29 is 0 Å². The minimum Gasteiger partial charge on any atom is -0.309 e. The minimum absolute atomic E-state index is 1.13. The average Bonchev–Trinajstić information content (AvgIpc) is 3.74. The Balaban J connectivity index is 1.10. The zero-order valence-electron chi connectivity index (χ0n) is 31.3. The van der Waals surface area contributed by atoms with Crippen LogP contribution in [0.4, 0.5) is 0 Å². The molecular formula is C56H37N. The number of fused-ring (bicyclic) bond motifs is 4. The zero-order valence-corrected chi connectivity index (χ0v) is 31.3. The van der Waals surface area contributed by atoms with Crippen LogP contribution < -0.4 is 0 Å². The van der Waals surface area contributed by atoms with Gasteiger partial charge in [0.05, 0.1) is 11.4 Å². The van der Waals surface area contributed by atoms with Gasteiger partial charge < -0.3 is 4.57 Å². The standard InChI is InChI=1S/C56H37N/c1-3-13-40(14-4-1)54-31-32-55(41-15-5-2-6-16-41)57(54)51-28-25-42(26-29-51)56-52-30-27-47(45-21-19-38-11-7-9-17-43(38)33-45)35-50(52)36-49-24-23-48(37-53(49)56)46-22-20-39-12-8-10-18-44(39)34-46/h1-37H. The Kier molecular flexibility index (Phi) is 7.89. The topological polar surface area (TPSA) is 4.93 Å². The molecule has 0 aliphatic carbocycles. The molecular weight excluding hydrogens is 687 g/mol. The summed E-state index contributed by atoms with van der Waals surface area (Å²) in [6, 6.07) is 82.2. The first-order chi connectivity index (χ1) is 28.2. The highest BCUT2D eigenvalue weighted by atomic mass is 15.0. The molecule has 1 heteroatoms. The zero-order chi connectivity index (χ0) is 37.7. The number of hydrogen-bond donors (Lipinski definition) is 0. The third-order valence-electron chi connectivity index (χ3n) is 11.6. The lowest BCUT2D eigenvalue weighted by Crippen LogP contribution is -1.99. The molecule has 0 atom stereocenters. The smallest absolute Gasteiger partial charge is 0.0535 e. The Labute approximate surface area is 332 Å². The van der Waals surface area contributed by atoms with Gasteiger partial charge in [-0.3, -0.25) is 0 Å². The number of rotatable bonds is 6. The van der Waals surface area contributed by atoms with Gasteiger partial charge in [0.2, 0.25) is 0 Å². The van der Waals surface area contributed by atoms with Crippen LogP contribution in [0.15, 0.2) is 224 Å². The fourth-order valence-electron chi connectivity index (χ4n) is 8.69. The maximum absolute atomic E-state index is 2.40. The molecule has 57 heavy (non-hydrogen) atoms. The Morgan fingerprint density at radius 3 is 1.23 bits per heavy atom. The molecule has 0 bridgehead atoms. The number of hydrogen-bond acceptors (Lipinski definition) is 0. The molecule has 0 saturated heterocycles. The molecule has 266 valence electrons. The number of benzene rings is 10. The Morgan fingerprint density at radius 2 is 0.667 bits per heavy atom. The van der Waals surface area contributed by atoms with Gasteiger partial charge in [-0.25, -0.2) is 0 Å². The van der Waals surface area contributed by atoms with Gasteiger partial charge in [0.25, 0.3) is 0 Å². The Bertz CT molecular complexity index is 3210. The van der Waals surface area contributed by atoms with Crippen LogP contribution in [0.5, 0.6) is 0 Å². The maximum atomic E-state index is 2.40. The molecule has 0 saturated carbocycles. The third kappa shape index (κ3) is 5.89. The summed E-state index contributed by atoms with van der Waals surface area (Å²) in [4.78, 5) is 0. The summed E-state index contributed by atoms with van der Waals surface area (Å²) in [7, 11) is 0. The van der Waals surface area contributed by atoms with Crippen molar-refractivity contribution in [2.24, 2.45) is 0 Å². The molecule has 0 spiro atoms. The quantitative estimate of drug-likeness (QED) is 0.151. The second kappa shape index (κ2) is 13.7. The van der Waals surface area contributed by atoms with Gasteiger partial charge in [0.15, 0.2) is 0 Å². The van der Waals surface area contributed by atoms with Crippen molar-refractivity contribution in [3.05, 3.63) is 224 Å². The highest BCUT2D eigenvalue weighted by Gasteiger charge is 2.17. The first-order valence-corrected chi connectivity index (χ1v) is 19.7. The maximum Gasteiger partial charge on any atom is 0.0535 e. The van der Waals surface area contributed by atoms with Crippen LogP contribution in [0.2, 0.25) is 0 Å². The molecule has 1 aromatic heterocycles. The molecule has 0 unspecified atom stereocenters. The van der Waals surface area contributed by atoms with E-state index in [9.17, 15) is 0 Å². The summed E-state index contributed by atoms with van der Waals surface area (Å²) in [5, 5.41) is 9.96. The van der Waals surface area contributed by atoms with Gasteiger partial charge in [-0.05, 0) is 142 Å². The highest BCUT2D eigenvalue weighted by molar-refractivity contribution is 6.14. The highest BCUT2D eigenvalue weighted by Crippen LogP contribution is 2.41. The van der Waals surface area contributed by atoms with Crippen molar-refractivity contribution in [3.8, 4) is 61.6 Å². The average molecular weight is 724 g/mol. The van der Waals surface area contributed by atoms with Crippen LogP contribution in [0.3, 0.4) is 0 Å². The van der Waals surface area contributed by atoms with E-state index in [2.05, 4.69) is 229 Å². The molecule has 0 aliphatic heterocycles. The predicted octanol–water partition coefficient (Wildman–Crippen LogP) is 15.4. The molecule has 11 rings (SSSR count). The summed E-state index contributed by atoms with van der Waals surface area (Å²) >= 11 is 0. The SMILES string of the molecule is c1ccc(-c2ccc(-c3ccccc3)n2-c2ccc(-c3c4ccc(-c5ccc6ccccc6c5)cc4cc4ccc(-c5ccc6ccccc6c5)cc34)cc2)cc1. The van der Waals surface area contributed by atoms with E-state index in [0.717, 1.165) is 5.69 Å². The van der Waals surface area contributed by atoms with Gasteiger partial charge in [-0.2, -0.15) is 0 Å². The van der Waals surface area contributed by atoms with E-state index < -0.39 is 0 Å². The molecule has 0 N–H and O–H groups in total. The molecule has 0 aliphatic rings. The van der Waals surface area contributed by atoms with Crippen molar-refractivity contribution in [2.45, 2.75) is 0 Å². The molecule has 10 aromatic carbocycles. The Morgan fingerprint density at radius 1 is 0.228 bits per heavy atom. The lowest BCUT2D eigenvalue weighted by Gasteiger charge is -2.17. The van der Waals surface area contributed by atoms with E-state index in [1.54, 1.807) is 0 Å². The van der Waals surface area contributed by atoms with Crippen LogP contribution in [0.1, 0.15) is 0 Å². The first kappa shape index (κ1) is 32.9. The van der Waals surface area contributed by atoms with E-state index in [0.29, 0.717) is 0 Å². The molecule has 0 radical (unpaired) electrons. The molecule has 1 heterocycles. The van der Waals surface area contributed by atoms with Crippen LogP contribution in [0.25, 0.3) is 105 Å². The van der Waals surface area contributed by atoms with E-state index in [1.807, 2.05) is 0 Å². The van der Waals surface area contributed by atoms with Crippen molar-refractivity contribution in [1.82, 2.24) is 4.57 Å². The van der Waals surface area contributed by atoms with Crippen LogP contribution >= 0.6 is 0 Å². The van der Waals surface area contributed by atoms with Gasteiger partial charge in [-0.15, -0.1) is 0 Å². The predicted molar refractivity (Wildman–Crippen MR) is 243 cm³/mol. The molecule has 0 fully saturated rings. The summed E-state index contributed by atoms with van der Waals surface area (Å²) in [5.41, 5.74) is 13.2. The monoisotopic (exact) mass is 723 g/mol.